The average molecular weight is 281 g/mol. The Balaban J connectivity index is 1.78. The molecule has 6 nitrogen and oxygen atoms in total. The first-order valence-corrected chi connectivity index (χ1v) is 7.11. The number of aryl methyl sites for hydroxylation is 2. The Morgan fingerprint density at radius 1 is 1.30 bits per heavy atom. The quantitative estimate of drug-likeness (QED) is 0.805. The van der Waals surface area contributed by atoms with Gasteiger partial charge in [0.05, 0.1) is 12.2 Å². The molecule has 0 aromatic carbocycles. The van der Waals surface area contributed by atoms with Gasteiger partial charge in [-0.1, -0.05) is 0 Å². The molecule has 20 heavy (non-hydrogen) atoms. The minimum atomic E-state index is 0.0781. The van der Waals surface area contributed by atoms with Gasteiger partial charge in [-0.3, -0.25) is 9.69 Å². The maximum absolute atomic E-state index is 11.8. The van der Waals surface area contributed by atoms with Crippen LogP contribution in [-0.4, -0.2) is 60.1 Å². The number of hydrogen-bond donors (Lipinski definition) is 0. The second-order valence-corrected chi connectivity index (χ2v) is 5.04. The van der Waals surface area contributed by atoms with Crippen LogP contribution in [0.25, 0.3) is 0 Å². The molecule has 1 aliphatic heterocycles. The summed E-state index contributed by atoms with van der Waals surface area (Å²) in [6.07, 6.45) is 0. The van der Waals surface area contributed by atoms with Crippen LogP contribution in [0.3, 0.4) is 0 Å². The first kappa shape index (κ1) is 15.0. The Morgan fingerprint density at radius 2 is 2.00 bits per heavy atom. The lowest BCUT2D eigenvalue weighted by molar-refractivity contribution is -0.137. The summed E-state index contributed by atoms with van der Waals surface area (Å²) < 4.78 is 10.7. The molecule has 1 fully saturated rings. The van der Waals surface area contributed by atoms with Crippen LogP contribution >= 0.6 is 0 Å². The monoisotopic (exact) mass is 281 g/mol. The fourth-order valence-corrected chi connectivity index (χ4v) is 2.23. The van der Waals surface area contributed by atoms with Gasteiger partial charge in [0, 0.05) is 32.8 Å². The number of oxazole rings is 1. The zero-order chi connectivity index (χ0) is 14.5. The van der Waals surface area contributed by atoms with Gasteiger partial charge in [0.2, 0.25) is 11.8 Å². The van der Waals surface area contributed by atoms with Crippen LogP contribution < -0.4 is 0 Å². The molecule has 112 valence electrons. The highest BCUT2D eigenvalue weighted by atomic mass is 16.5. The van der Waals surface area contributed by atoms with E-state index in [0.29, 0.717) is 13.2 Å². The van der Waals surface area contributed by atoms with Crippen molar-refractivity contribution in [1.29, 1.82) is 0 Å². The number of carbonyl (C=O) groups excluding carboxylic acids is 1. The van der Waals surface area contributed by atoms with Gasteiger partial charge in [-0.05, 0) is 20.8 Å². The fraction of sp³-hybridized carbons (Fsp3) is 0.714. The van der Waals surface area contributed by atoms with Crippen molar-refractivity contribution in [1.82, 2.24) is 14.8 Å². The second kappa shape index (κ2) is 6.85. The number of hydrogen-bond acceptors (Lipinski definition) is 5. The summed E-state index contributed by atoms with van der Waals surface area (Å²) in [5, 5.41) is 0. The highest BCUT2D eigenvalue weighted by Crippen LogP contribution is 2.12. The predicted octanol–water partition coefficient (Wildman–Crippen LogP) is 0.972. The van der Waals surface area contributed by atoms with E-state index < -0.39 is 0 Å². The van der Waals surface area contributed by atoms with Crippen molar-refractivity contribution >= 4 is 5.91 Å². The summed E-state index contributed by atoms with van der Waals surface area (Å²) in [7, 11) is 0. The van der Waals surface area contributed by atoms with Gasteiger partial charge in [0.25, 0.3) is 0 Å². The molecule has 1 aromatic heterocycles. The van der Waals surface area contributed by atoms with E-state index in [9.17, 15) is 4.79 Å². The van der Waals surface area contributed by atoms with Gasteiger partial charge in [-0.15, -0.1) is 0 Å². The lowest BCUT2D eigenvalue weighted by Gasteiger charge is -2.33. The minimum Gasteiger partial charge on any atom is -0.444 e. The highest BCUT2D eigenvalue weighted by Gasteiger charge is 2.22. The van der Waals surface area contributed by atoms with E-state index in [4.69, 9.17) is 9.15 Å². The third-order valence-electron chi connectivity index (χ3n) is 3.59. The molecule has 1 aliphatic rings. The van der Waals surface area contributed by atoms with E-state index in [2.05, 4.69) is 9.88 Å². The molecule has 1 aromatic rings. The topological polar surface area (TPSA) is 58.8 Å². The summed E-state index contributed by atoms with van der Waals surface area (Å²) in [4.78, 5) is 20.3. The van der Waals surface area contributed by atoms with Crippen molar-refractivity contribution in [2.24, 2.45) is 0 Å². The number of carbonyl (C=O) groups is 1. The van der Waals surface area contributed by atoms with Crippen LogP contribution in [0.15, 0.2) is 4.42 Å². The maximum atomic E-state index is 11.8. The molecule has 6 heteroatoms. The zero-order valence-electron chi connectivity index (χ0n) is 12.5. The molecule has 0 aliphatic carbocycles. The molecule has 0 N–H and O–H groups in total. The van der Waals surface area contributed by atoms with Crippen molar-refractivity contribution in [2.45, 2.75) is 27.3 Å². The molecular formula is C14H23N3O3. The van der Waals surface area contributed by atoms with E-state index in [1.54, 1.807) is 0 Å². The van der Waals surface area contributed by atoms with E-state index in [1.807, 2.05) is 25.7 Å². The normalized spacial score (nSPS) is 16.6. The Kier molecular flexibility index (Phi) is 5.14. The standard InChI is InChI=1S/C14H23N3O3/c1-4-19-10-14(18)17-7-5-16(6-8-17)9-13-15-11(2)12(3)20-13/h4-10H2,1-3H3. The Bertz CT molecular complexity index is 431. The lowest BCUT2D eigenvalue weighted by atomic mass is 10.3. The van der Waals surface area contributed by atoms with Crippen LogP contribution in [-0.2, 0) is 16.1 Å². The largest absolute Gasteiger partial charge is 0.444 e. The third kappa shape index (κ3) is 3.80. The molecule has 1 saturated heterocycles. The van der Waals surface area contributed by atoms with Crippen LogP contribution in [0, 0.1) is 13.8 Å². The van der Waals surface area contributed by atoms with Gasteiger partial charge in [0.15, 0.2) is 0 Å². The van der Waals surface area contributed by atoms with Crippen LogP contribution in [0.1, 0.15) is 24.3 Å². The van der Waals surface area contributed by atoms with Crippen LogP contribution in [0.5, 0.6) is 0 Å². The van der Waals surface area contributed by atoms with Gasteiger partial charge < -0.3 is 14.1 Å². The predicted molar refractivity (Wildman–Crippen MR) is 74.3 cm³/mol. The SMILES string of the molecule is CCOCC(=O)N1CCN(Cc2nc(C)c(C)o2)CC1. The minimum absolute atomic E-state index is 0.0781. The lowest BCUT2D eigenvalue weighted by Crippen LogP contribution is -2.49. The molecule has 0 saturated carbocycles. The number of nitrogens with zero attached hydrogens (tertiary/aromatic N) is 3. The summed E-state index contributed by atoms with van der Waals surface area (Å²) in [5.74, 6) is 1.72. The fourth-order valence-electron chi connectivity index (χ4n) is 2.23. The third-order valence-corrected chi connectivity index (χ3v) is 3.59. The van der Waals surface area contributed by atoms with E-state index in [0.717, 1.165) is 43.5 Å². The van der Waals surface area contributed by atoms with Gasteiger partial charge in [-0.2, -0.15) is 0 Å². The summed E-state index contributed by atoms with van der Waals surface area (Å²) in [6.45, 7) is 10.4. The van der Waals surface area contributed by atoms with E-state index in [1.165, 1.54) is 0 Å². The Morgan fingerprint density at radius 3 is 2.55 bits per heavy atom. The molecule has 0 unspecified atom stereocenters. The van der Waals surface area contributed by atoms with Gasteiger partial charge >= 0.3 is 0 Å². The maximum Gasteiger partial charge on any atom is 0.248 e. The molecule has 1 amide bonds. The van der Waals surface area contributed by atoms with E-state index >= 15 is 0 Å². The van der Waals surface area contributed by atoms with Crippen molar-refractivity contribution in [3.05, 3.63) is 17.3 Å². The first-order valence-electron chi connectivity index (χ1n) is 7.11. The van der Waals surface area contributed by atoms with Crippen molar-refractivity contribution in [3.63, 3.8) is 0 Å². The number of piperazine rings is 1. The smallest absolute Gasteiger partial charge is 0.248 e. The number of rotatable bonds is 5. The average Bonchev–Trinajstić information content (AvgIpc) is 2.75. The van der Waals surface area contributed by atoms with Crippen LogP contribution in [0.2, 0.25) is 0 Å². The highest BCUT2D eigenvalue weighted by molar-refractivity contribution is 5.77. The Hall–Kier alpha value is -1.40. The van der Waals surface area contributed by atoms with E-state index in [-0.39, 0.29) is 12.5 Å². The Labute approximate surface area is 119 Å². The van der Waals surface area contributed by atoms with Crippen LogP contribution in [0.4, 0.5) is 0 Å². The van der Waals surface area contributed by atoms with Crippen molar-refractivity contribution in [2.75, 3.05) is 39.4 Å². The number of aromatic nitrogens is 1. The number of amides is 1. The molecular weight excluding hydrogens is 258 g/mol. The molecule has 2 heterocycles. The number of ether oxygens (including phenoxy) is 1. The van der Waals surface area contributed by atoms with Gasteiger partial charge in [0.1, 0.15) is 12.4 Å². The summed E-state index contributed by atoms with van der Waals surface area (Å²) in [6, 6.07) is 0. The molecule has 0 radical (unpaired) electrons. The molecule has 0 spiro atoms. The first-order chi connectivity index (χ1) is 9.60. The van der Waals surface area contributed by atoms with Gasteiger partial charge in [-0.25, -0.2) is 4.98 Å². The second-order valence-electron chi connectivity index (χ2n) is 5.04. The summed E-state index contributed by atoms with van der Waals surface area (Å²) >= 11 is 0. The van der Waals surface area contributed by atoms with Crippen molar-refractivity contribution < 1.29 is 13.9 Å². The molecule has 0 bridgehead atoms. The molecule has 0 atom stereocenters. The summed E-state index contributed by atoms with van der Waals surface area (Å²) in [5.41, 5.74) is 0.950. The molecule has 2 rings (SSSR count). The van der Waals surface area contributed by atoms with Crippen molar-refractivity contribution in [3.8, 4) is 0 Å². The zero-order valence-corrected chi connectivity index (χ0v) is 12.5.